The molecule has 1 aliphatic heterocycles. The first-order chi connectivity index (χ1) is 13.5. The van der Waals surface area contributed by atoms with Crippen molar-refractivity contribution in [2.24, 2.45) is 0 Å². The van der Waals surface area contributed by atoms with Gasteiger partial charge < -0.3 is 15.4 Å². The van der Waals surface area contributed by atoms with E-state index >= 15 is 0 Å². The Balaban J connectivity index is 1.36. The normalized spacial score (nSPS) is 19.1. The van der Waals surface area contributed by atoms with Crippen LogP contribution in [0, 0.1) is 0 Å². The largest absolute Gasteiger partial charge is 0.494 e. The number of piperazine rings is 1. The first kappa shape index (κ1) is 20.6. The Labute approximate surface area is 167 Å². The minimum atomic E-state index is -0.103. The van der Waals surface area contributed by atoms with Crippen LogP contribution in [-0.2, 0) is 16.1 Å². The zero-order chi connectivity index (χ0) is 19.9. The molecule has 1 aromatic carbocycles. The van der Waals surface area contributed by atoms with Crippen LogP contribution in [0.4, 0.5) is 0 Å². The molecule has 28 heavy (non-hydrogen) atoms. The molecule has 2 N–H and O–H groups in total. The number of nitrogens with zero attached hydrogens (tertiary/aromatic N) is 2. The molecule has 2 aliphatic rings. The highest BCUT2D eigenvalue weighted by atomic mass is 16.5. The number of hydrogen-bond acceptors (Lipinski definition) is 5. The molecule has 154 valence electrons. The highest BCUT2D eigenvalue weighted by Crippen LogP contribution is 2.19. The Bertz CT molecular complexity index is 669. The molecule has 7 nitrogen and oxygen atoms in total. The minimum absolute atomic E-state index is 0.0230. The van der Waals surface area contributed by atoms with Gasteiger partial charge in [-0.05, 0) is 44.4 Å². The van der Waals surface area contributed by atoms with Gasteiger partial charge in [0.2, 0.25) is 11.8 Å². The van der Waals surface area contributed by atoms with Gasteiger partial charge >= 0.3 is 0 Å². The summed E-state index contributed by atoms with van der Waals surface area (Å²) in [6, 6.07) is 8.09. The lowest BCUT2D eigenvalue weighted by Gasteiger charge is -2.37. The number of carbonyl (C=O) groups excluding carboxylic acids is 2. The molecule has 0 bridgehead atoms. The fraction of sp³-hybridized carbons (Fsp3) is 0.619. The second kappa shape index (κ2) is 9.89. The summed E-state index contributed by atoms with van der Waals surface area (Å²) in [5.74, 6) is 0.975. The number of ether oxygens (including phenoxy) is 1. The SMILES string of the molecule is CCOc1cccc(CNC(=O)CN2CCN(C(C)C(=O)NC3CC3)CC2)c1. The summed E-state index contributed by atoms with van der Waals surface area (Å²) < 4.78 is 5.49. The number of amides is 2. The highest BCUT2D eigenvalue weighted by Gasteiger charge is 2.30. The molecule has 0 radical (unpaired) electrons. The maximum absolute atomic E-state index is 12.3. The van der Waals surface area contributed by atoms with Gasteiger partial charge in [0.05, 0.1) is 19.2 Å². The van der Waals surface area contributed by atoms with Gasteiger partial charge in [-0.1, -0.05) is 12.1 Å². The van der Waals surface area contributed by atoms with Crippen molar-refractivity contribution in [3.63, 3.8) is 0 Å². The predicted octanol–water partition coefficient (Wildman–Crippen LogP) is 0.986. The van der Waals surface area contributed by atoms with Crippen molar-refractivity contribution in [2.75, 3.05) is 39.3 Å². The van der Waals surface area contributed by atoms with E-state index in [2.05, 4.69) is 20.4 Å². The molecule has 1 aromatic rings. The van der Waals surface area contributed by atoms with E-state index in [0.717, 1.165) is 50.3 Å². The molecule has 0 aromatic heterocycles. The lowest BCUT2D eigenvalue weighted by molar-refractivity contribution is -0.128. The van der Waals surface area contributed by atoms with E-state index in [4.69, 9.17) is 4.74 Å². The van der Waals surface area contributed by atoms with Gasteiger partial charge in [-0.25, -0.2) is 0 Å². The lowest BCUT2D eigenvalue weighted by Crippen LogP contribution is -2.55. The first-order valence-corrected chi connectivity index (χ1v) is 10.3. The first-order valence-electron chi connectivity index (χ1n) is 10.3. The summed E-state index contributed by atoms with van der Waals surface area (Å²) in [6.07, 6.45) is 2.22. The maximum atomic E-state index is 12.3. The third-order valence-electron chi connectivity index (χ3n) is 5.32. The van der Waals surface area contributed by atoms with Crippen LogP contribution in [0.15, 0.2) is 24.3 Å². The monoisotopic (exact) mass is 388 g/mol. The van der Waals surface area contributed by atoms with E-state index < -0.39 is 0 Å². The number of rotatable bonds is 9. The molecule has 1 atom stereocenters. The van der Waals surface area contributed by atoms with Crippen LogP contribution in [0.1, 0.15) is 32.3 Å². The number of benzene rings is 1. The van der Waals surface area contributed by atoms with Crippen LogP contribution in [-0.4, -0.2) is 73.0 Å². The summed E-state index contributed by atoms with van der Waals surface area (Å²) in [5.41, 5.74) is 1.03. The molecule has 7 heteroatoms. The standard InChI is InChI=1S/C21H32N4O3/c1-3-28-19-6-4-5-17(13-19)14-22-20(26)15-24-9-11-25(12-10-24)16(2)21(27)23-18-7-8-18/h4-6,13,16,18H,3,7-12,14-15H2,1-2H3,(H,22,26)(H,23,27). The molecule has 1 saturated carbocycles. The van der Waals surface area contributed by atoms with Crippen molar-refractivity contribution >= 4 is 11.8 Å². The third kappa shape index (κ3) is 6.21. The average Bonchev–Trinajstić information content (AvgIpc) is 3.51. The quantitative estimate of drug-likeness (QED) is 0.660. The van der Waals surface area contributed by atoms with Crippen molar-refractivity contribution in [3.05, 3.63) is 29.8 Å². The molecular formula is C21H32N4O3. The lowest BCUT2D eigenvalue weighted by atomic mass is 10.2. The minimum Gasteiger partial charge on any atom is -0.494 e. The Hall–Kier alpha value is -2.12. The van der Waals surface area contributed by atoms with Crippen molar-refractivity contribution in [1.82, 2.24) is 20.4 Å². The van der Waals surface area contributed by atoms with Crippen molar-refractivity contribution in [3.8, 4) is 5.75 Å². The Morgan fingerprint density at radius 3 is 2.64 bits per heavy atom. The van der Waals surface area contributed by atoms with Crippen LogP contribution in [0.2, 0.25) is 0 Å². The smallest absolute Gasteiger partial charge is 0.237 e. The molecule has 0 spiro atoms. The van der Waals surface area contributed by atoms with Crippen LogP contribution >= 0.6 is 0 Å². The molecule has 3 rings (SSSR count). The van der Waals surface area contributed by atoms with Crippen LogP contribution in [0.3, 0.4) is 0 Å². The van der Waals surface area contributed by atoms with Crippen molar-refractivity contribution < 1.29 is 14.3 Å². The van der Waals surface area contributed by atoms with Gasteiger partial charge in [-0.2, -0.15) is 0 Å². The second-order valence-electron chi connectivity index (χ2n) is 7.63. The fourth-order valence-electron chi connectivity index (χ4n) is 3.40. The molecule has 1 unspecified atom stereocenters. The van der Waals surface area contributed by atoms with Gasteiger partial charge in [0.25, 0.3) is 0 Å². The second-order valence-corrected chi connectivity index (χ2v) is 7.63. The van der Waals surface area contributed by atoms with Crippen molar-refractivity contribution in [2.45, 2.75) is 45.3 Å². The molecule has 1 saturated heterocycles. The number of carbonyl (C=O) groups is 2. The van der Waals surface area contributed by atoms with E-state index in [1.54, 1.807) is 0 Å². The Kier molecular flexibility index (Phi) is 7.28. The number of nitrogens with one attached hydrogen (secondary N) is 2. The summed E-state index contributed by atoms with van der Waals surface area (Å²) in [5, 5.41) is 6.05. The van der Waals surface area contributed by atoms with Gasteiger partial charge in [-0.3, -0.25) is 19.4 Å². The van der Waals surface area contributed by atoms with Gasteiger partial charge in [0.15, 0.2) is 0 Å². The Morgan fingerprint density at radius 2 is 1.96 bits per heavy atom. The summed E-state index contributed by atoms with van der Waals surface area (Å²) in [4.78, 5) is 28.8. The van der Waals surface area contributed by atoms with Gasteiger partial charge in [-0.15, -0.1) is 0 Å². The van der Waals surface area contributed by atoms with Gasteiger partial charge in [0.1, 0.15) is 5.75 Å². The van der Waals surface area contributed by atoms with Crippen LogP contribution < -0.4 is 15.4 Å². The Morgan fingerprint density at radius 1 is 1.21 bits per heavy atom. The molecule has 2 amide bonds. The highest BCUT2D eigenvalue weighted by molar-refractivity contribution is 5.82. The predicted molar refractivity (Wildman–Crippen MR) is 108 cm³/mol. The molecular weight excluding hydrogens is 356 g/mol. The molecule has 1 aliphatic carbocycles. The topological polar surface area (TPSA) is 73.9 Å². The van der Waals surface area contributed by atoms with E-state index in [-0.39, 0.29) is 17.9 Å². The summed E-state index contributed by atoms with van der Waals surface area (Å²) >= 11 is 0. The van der Waals surface area contributed by atoms with E-state index in [0.29, 0.717) is 25.7 Å². The van der Waals surface area contributed by atoms with Crippen LogP contribution in [0.5, 0.6) is 5.75 Å². The molecule has 1 heterocycles. The van der Waals surface area contributed by atoms with Gasteiger partial charge in [0, 0.05) is 38.8 Å². The average molecular weight is 389 g/mol. The summed E-state index contributed by atoms with van der Waals surface area (Å²) in [7, 11) is 0. The van der Waals surface area contributed by atoms with E-state index in [1.165, 1.54) is 0 Å². The zero-order valence-electron chi connectivity index (χ0n) is 16.9. The van der Waals surface area contributed by atoms with Crippen LogP contribution in [0.25, 0.3) is 0 Å². The van der Waals surface area contributed by atoms with E-state index in [1.807, 2.05) is 38.1 Å². The number of hydrogen-bond donors (Lipinski definition) is 2. The van der Waals surface area contributed by atoms with E-state index in [9.17, 15) is 9.59 Å². The van der Waals surface area contributed by atoms with Crippen molar-refractivity contribution in [1.29, 1.82) is 0 Å². The maximum Gasteiger partial charge on any atom is 0.237 e. The summed E-state index contributed by atoms with van der Waals surface area (Å²) in [6.45, 7) is 8.65. The fourth-order valence-corrected chi connectivity index (χ4v) is 3.40. The molecule has 2 fully saturated rings. The zero-order valence-corrected chi connectivity index (χ0v) is 16.9. The third-order valence-corrected chi connectivity index (χ3v) is 5.32.